The van der Waals surface area contributed by atoms with Crippen molar-refractivity contribution < 1.29 is 64.8 Å². The molecule has 1 aliphatic heterocycles. The van der Waals surface area contributed by atoms with E-state index >= 15 is 0 Å². The second kappa shape index (κ2) is 16.1. The van der Waals surface area contributed by atoms with E-state index in [1.54, 1.807) is 19.2 Å². The Bertz CT molecular complexity index is 2520. The fraction of sp³-hybridized carbons (Fsp3) is 0.195. The number of fused-ring (bicyclic) bond motifs is 1. The third kappa shape index (κ3) is 8.39. The second-order valence-corrected chi connectivity index (χ2v) is 16.7. The first-order valence-corrected chi connectivity index (χ1v) is 20.0. The number of rotatable bonds is 10. The number of benzene rings is 5. The van der Waals surface area contributed by atoms with E-state index < -0.39 is 30.0 Å². The van der Waals surface area contributed by atoms with Gasteiger partial charge in [0.25, 0.3) is 10.1 Å². The molecule has 13 heteroatoms. The van der Waals surface area contributed by atoms with Crippen molar-refractivity contribution >= 4 is 65.8 Å². The zero-order valence-electron chi connectivity index (χ0n) is 31.1. The average Bonchev–Trinajstić information content (AvgIpc) is 3.40. The Kier molecular flexibility index (Phi) is 12.4. The van der Waals surface area contributed by atoms with Crippen LogP contribution < -0.4 is 39.2 Å². The van der Waals surface area contributed by atoms with Crippen molar-refractivity contribution in [2.45, 2.75) is 37.5 Å². The van der Waals surface area contributed by atoms with Crippen LogP contribution in [0.15, 0.2) is 113 Å². The predicted molar refractivity (Wildman–Crippen MR) is 209 cm³/mol. The van der Waals surface area contributed by atoms with E-state index in [2.05, 4.69) is 30.6 Å². The zero-order chi connectivity index (χ0) is 38.4. The van der Waals surface area contributed by atoms with Gasteiger partial charge < -0.3 is 14.2 Å². The normalized spacial score (nSPS) is 13.8. The standard InChI is InChI=1S/C41H39ClN2O7S2.Na/c1-25(2)24-44-36-22-26(3)21-27(4)38(36)40(41(44)29-7-11-30(42)12-8-29)39(35-20-19-34(52(45,46)47)23-37(35)53(48,49)50)28-9-13-31(14-10-28)43(5)32-15-17-33(51-6)18-16-32;/h7-23,25H,24H2,1-6H3,(H-,45,46,47,48,49,50);/q;+1. The number of hydrogen-bond donors (Lipinski definition) is 1. The van der Waals surface area contributed by atoms with Crippen molar-refractivity contribution in [3.8, 4) is 5.75 Å². The summed E-state index contributed by atoms with van der Waals surface area (Å²) in [5, 5.41) is 0.537. The number of aryl methyl sites for hydroxylation is 2. The molecule has 0 amide bonds. The quantitative estimate of drug-likeness (QED) is 0.109. The molecular weight excluding hydrogens is 755 g/mol. The Balaban J connectivity index is 0.00000561. The van der Waals surface area contributed by atoms with Crippen molar-refractivity contribution in [2.24, 2.45) is 5.92 Å². The largest absolute Gasteiger partial charge is 1.00 e. The van der Waals surface area contributed by atoms with Crippen LogP contribution in [0.5, 0.6) is 5.75 Å². The van der Waals surface area contributed by atoms with Crippen molar-refractivity contribution in [1.82, 2.24) is 0 Å². The van der Waals surface area contributed by atoms with Crippen LogP contribution in [0.2, 0.25) is 5.02 Å². The monoisotopic (exact) mass is 793 g/mol. The summed E-state index contributed by atoms with van der Waals surface area (Å²) in [5.41, 5.74) is 8.58. The van der Waals surface area contributed by atoms with Gasteiger partial charge in [-0.3, -0.25) is 4.55 Å². The first kappa shape index (κ1) is 41.4. The number of nitrogens with zero attached hydrogens (tertiary/aromatic N) is 2. The van der Waals surface area contributed by atoms with Crippen molar-refractivity contribution in [3.63, 3.8) is 0 Å². The maximum absolute atomic E-state index is 13.1. The number of anilines is 2. The summed E-state index contributed by atoms with van der Waals surface area (Å²) < 4.78 is 81.1. The van der Waals surface area contributed by atoms with Gasteiger partial charge in [0.15, 0.2) is 6.54 Å². The number of hydrogen-bond acceptors (Lipinski definition) is 7. The molecular formula is C41H39ClN2NaO7S2+. The van der Waals surface area contributed by atoms with E-state index in [0.29, 0.717) is 28.3 Å². The maximum atomic E-state index is 13.1. The fourth-order valence-electron chi connectivity index (χ4n) is 6.88. The average molecular weight is 794 g/mol. The molecule has 9 nitrogen and oxygen atoms in total. The third-order valence-corrected chi connectivity index (χ3v) is 11.2. The number of halogens is 1. The molecule has 0 atom stereocenters. The van der Waals surface area contributed by atoms with Gasteiger partial charge in [-0.05, 0) is 103 Å². The molecule has 0 spiro atoms. The van der Waals surface area contributed by atoms with E-state index in [-0.39, 0.29) is 41.0 Å². The summed E-state index contributed by atoms with van der Waals surface area (Å²) in [7, 11) is -6.63. The van der Waals surface area contributed by atoms with Crippen LogP contribution in [0.25, 0.3) is 11.1 Å². The molecule has 5 aromatic carbocycles. The molecule has 0 aliphatic carbocycles. The van der Waals surface area contributed by atoms with Crippen LogP contribution >= 0.6 is 11.6 Å². The predicted octanol–water partition coefficient (Wildman–Crippen LogP) is 5.65. The van der Waals surface area contributed by atoms with Gasteiger partial charge in [0.05, 0.1) is 28.0 Å². The molecule has 0 unspecified atom stereocenters. The molecule has 1 aliphatic rings. The van der Waals surface area contributed by atoms with Crippen molar-refractivity contribution in [1.29, 1.82) is 0 Å². The van der Waals surface area contributed by atoms with Crippen LogP contribution in [0.1, 0.15) is 47.2 Å². The van der Waals surface area contributed by atoms with E-state index in [4.69, 9.17) is 16.3 Å². The Morgan fingerprint density at radius 1 is 0.870 bits per heavy atom. The summed E-state index contributed by atoms with van der Waals surface area (Å²) >= 11 is 6.37. The minimum atomic E-state index is -5.30. The van der Waals surface area contributed by atoms with Gasteiger partial charge in [0.2, 0.25) is 11.4 Å². The maximum Gasteiger partial charge on any atom is 1.00 e. The molecule has 1 N–H and O–H groups in total. The summed E-state index contributed by atoms with van der Waals surface area (Å²) in [4.78, 5) is 0.495. The molecule has 0 saturated heterocycles. The van der Waals surface area contributed by atoms with Gasteiger partial charge in [-0.15, -0.1) is 0 Å². The van der Waals surface area contributed by atoms with Gasteiger partial charge >= 0.3 is 29.6 Å². The number of methoxy groups -OCH3 is 1. The molecule has 274 valence electrons. The van der Waals surface area contributed by atoms with E-state index in [1.165, 1.54) is 6.07 Å². The minimum Gasteiger partial charge on any atom is -0.744 e. The molecule has 0 saturated carbocycles. The van der Waals surface area contributed by atoms with E-state index in [1.807, 2.05) is 86.5 Å². The van der Waals surface area contributed by atoms with Gasteiger partial charge in [0, 0.05) is 52.1 Å². The number of ether oxygens (including phenoxy) is 1. The smallest absolute Gasteiger partial charge is 0.744 e. The van der Waals surface area contributed by atoms with Crippen LogP contribution in [0.4, 0.5) is 17.1 Å². The molecule has 0 radical (unpaired) electrons. The Morgan fingerprint density at radius 3 is 2.00 bits per heavy atom. The summed E-state index contributed by atoms with van der Waals surface area (Å²) in [6, 6.07) is 29.7. The minimum absolute atomic E-state index is 0. The number of allylic oxidation sites excluding steroid dienone is 1. The van der Waals surface area contributed by atoms with Gasteiger partial charge in [0.1, 0.15) is 15.9 Å². The van der Waals surface area contributed by atoms with Gasteiger partial charge in [-0.25, -0.2) is 8.42 Å². The Hall–Kier alpha value is -3.78. The topological polar surface area (TPSA) is 127 Å². The molecule has 0 bridgehead atoms. The van der Waals surface area contributed by atoms with Crippen LogP contribution in [0.3, 0.4) is 0 Å². The SMILES string of the molecule is COc1ccc(N(C)c2ccc(C(=C3C(c4ccc(Cl)cc4)=[N+](CC(C)C)c4cc(C)cc(C)c43)c3ccc(S(=O)(=O)O)cc3S(=O)(=O)[O-])cc2)cc1.[Na+]. The zero-order valence-corrected chi connectivity index (χ0v) is 35.5. The third-order valence-electron chi connectivity index (χ3n) is 9.21. The van der Waals surface area contributed by atoms with Crippen LogP contribution in [-0.2, 0) is 20.2 Å². The van der Waals surface area contributed by atoms with Gasteiger partial charge in [-0.2, -0.15) is 13.0 Å². The van der Waals surface area contributed by atoms with Crippen molar-refractivity contribution in [2.75, 3.05) is 25.6 Å². The fourth-order valence-corrected chi connectivity index (χ4v) is 8.30. The Morgan fingerprint density at radius 2 is 1.46 bits per heavy atom. The molecule has 0 aromatic heterocycles. The van der Waals surface area contributed by atoms with Crippen LogP contribution in [0, 0.1) is 19.8 Å². The van der Waals surface area contributed by atoms with E-state index in [0.717, 1.165) is 62.9 Å². The first-order valence-electron chi connectivity index (χ1n) is 16.8. The summed E-state index contributed by atoms with van der Waals surface area (Å²) in [6.45, 7) is 8.82. The molecule has 1 heterocycles. The molecule has 54 heavy (non-hydrogen) atoms. The first-order chi connectivity index (χ1) is 25.0. The summed E-state index contributed by atoms with van der Waals surface area (Å²) in [6.07, 6.45) is 0. The Labute approximate surface area is 344 Å². The molecule has 5 aromatic rings. The van der Waals surface area contributed by atoms with Gasteiger partial charge in [-0.1, -0.05) is 49.7 Å². The molecule has 6 rings (SSSR count). The molecule has 0 fully saturated rings. The summed E-state index contributed by atoms with van der Waals surface area (Å²) in [5.74, 6) is 0.924. The van der Waals surface area contributed by atoms with E-state index in [9.17, 15) is 25.9 Å². The van der Waals surface area contributed by atoms with Crippen molar-refractivity contribution in [3.05, 3.63) is 142 Å². The second-order valence-electron chi connectivity index (χ2n) is 13.5. The van der Waals surface area contributed by atoms with Crippen LogP contribution in [-0.4, -0.2) is 56.9 Å².